The first-order valence-electron chi connectivity index (χ1n) is 6.31. The van der Waals surface area contributed by atoms with E-state index in [2.05, 4.69) is 61.0 Å². The molecule has 1 aromatic rings. The number of benzene rings is 1. The van der Waals surface area contributed by atoms with Crippen molar-refractivity contribution in [3.63, 3.8) is 0 Å². The van der Waals surface area contributed by atoms with Crippen molar-refractivity contribution in [1.82, 2.24) is 0 Å². The van der Waals surface area contributed by atoms with Crippen molar-refractivity contribution < 1.29 is 0 Å². The highest BCUT2D eigenvalue weighted by atomic mass is 79.9. The SMILES string of the molecule is CC(C)Cc1ccc(C(Br)C2CC2C)cc1. The van der Waals surface area contributed by atoms with Crippen molar-refractivity contribution in [3.05, 3.63) is 35.4 Å². The van der Waals surface area contributed by atoms with Crippen molar-refractivity contribution in [2.75, 3.05) is 0 Å². The largest absolute Gasteiger partial charge is 0.0836 e. The molecule has 16 heavy (non-hydrogen) atoms. The molecule has 1 heteroatoms. The number of hydrogen-bond donors (Lipinski definition) is 0. The summed E-state index contributed by atoms with van der Waals surface area (Å²) in [4.78, 5) is 0.565. The van der Waals surface area contributed by atoms with Crippen LogP contribution in [0, 0.1) is 17.8 Å². The minimum absolute atomic E-state index is 0.565. The number of halogens is 1. The van der Waals surface area contributed by atoms with Crippen LogP contribution in [-0.2, 0) is 6.42 Å². The van der Waals surface area contributed by atoms with Gasteiger partial charge in [0.15, 0.2) is 0 Å². The van der Waals surface area contributed by atoms with Gasteiger partial charge >= 0.3 is 0 Å². The second-order valence-corrected chi connectivity index (χ2v) is 6.60. The molecule has 88 valence electrons. The molecule has 1 fully saturated rings. The lowest BCUT2D eigenvalue weighted by molar-refractivity contribution is 0.647. The van der Waals surface area contributed by atoms with E-state index in [1.54, 1.807) is 0 Å². The fraction of sp³-hybridized carbons (Fsp3) is 0.600. The van der Waals surface area contributed by atoms with Gasteiger partial charge in [0.1, 0.15) is 0 Å². The summed E-state index contributed by atoms with van der Waals surface area (Å²) in [5.41, 5.74) is 2.91. The highest BCUT2D eigenvalue weighted by Gasteiger charge is 2.38. The molecule has 0 spiro atoms. The van der Waals surface area contributed by atoms with E-state index in [0.717, 1.165) is 17.8 Å². The molecular weight excluding hydrogens is 260 g/mol. The monoisotopic (exact) mass is 280 g/mol. The molecule has 2 rings (SSSR count). The summed E-state index contributed by atoms with van der Waals surface area (Å²) in [6, 6.07) is 9.16. The zero-order chi connectivity index (χ0) is 11.7. The highest BCUT2D eigenvalue weighted by molar-refractivity contribution is 9.09. The van der Waals surface area contributed by atoms with Crippen LogP contribution in [0.3, 0.4) is 0 Å². The summed E-state index contributed by atoms with van der Waals surface area (Å²) in [6.45, 7) is 6.88. The maximum absolute atomic E-state index is 3.83. The molecule has 0 aliphatic heterocycles. The Hall–Kier alpha value is -0.300. The lowest BCUT2D eigenvalue weighted by Crippen LogP contribution is -1.97. The fourth-order valence-corrected chi connectivity index (χ4v) is 3.36. The Morgan fingerprint density at radius 3 is 2.25 bits per heavy atom. The van der Waals surface area contributed by atoms with Crippen molar-refractivity contribution in [1.29, 1.82) is 0 Å². The molecule has 0 nitrogen and oxygen atoms in total. The summed E-state index contributed by atoms with van der Waals surface area (Å²) in [5, 5.41) is 0. The van der Waals surface area contributed by atoms with E-state index in [-0.39, 0.29) is 0 Å². The molecule has 1 aromatic carbocycles. The maximum atomic E-state index is 3.83. The quantitative estimate of drug-likeness (QED) is 0.683. The molecule has 0 amide bonds. The van der Waals surface area contributed by atoms with Gasteiger partial charge < -0.3 is 0 Å². The Labute approximate surface area is 108 Å². The Bertz CT molecular complexity index is 339. The first-order valence-corrected chi connectivity index (χ1v) is 7.22. The molecule has 1 aliphatic carbocycles. The lowest BCUT2D eigenvalue weighted by Gasteiger charge is -2.11. The van der Waals surface area contributed by atoms with Crippen molar-refractivity contribution in [3.8, 4) is 0 Å². The third kappa shape index (κ3) is 2.88. The lowest BCUT2D eigenvalue weighted by atomic mass is 10.00. The highest BCUT2D eigenvalue weighted by Crippen LogP contribution is 2.51. The van der Waals surface area contributed by atoms with Crippen LogP contribution in [0.1, 0.15) is 43.1 Å². The summed E-state index contributed by atoms with van der Waals surface area (Å²) >= 11 is 3.83. The van der Waals surface area contributed by atoms with Gasteiger partial charge in [-0.2, -0.15) is 0 Å². The van der Waals surface area contributed by atoms with Crippen LogP contribution in [0.2, 0.25) is 0 Å². The number of rotatable bonds is 4. The minimum Gasteiger partial charge on any atom is -0.0836 e. The van der Waals surface area contributed by atoms with Crippen LogP contribution in [0.25, 0.3) is 0 Å². The number of hydrogen-bond acceptors (Lipinski definition) is 0. The third-order valence-electron chi connectivity index (χ3n) is 3.49. The molecule has 3 unspecified atom stereocenters. The van der Waals surface area contributed by atoms with Crippen LogP contribution in [-0.4, -0.2) is 0 Å². The molecular formula is C15H21Br. The van der Waals surface area contributed by atoms with Gasteiger partial charge in [-0.1, -0.05) is 61.0 Å². The molecule has 3 atom stereocenters. The fourth-order valence-electron chi connectivity index (χ4n) is 2.31. The minimum atomic E-state index is 0.565. The second kappa shape index (κ2) is 4.91. The Kier molecular flexibility index (Phi) is 3.73. The first kappa shape index (κ1) is 12.2. The summed E-state index contributed by atoms with van der Waals surface area (Å²) < 4.78 is 0. The van der Waals surface area contributed by atoms with Crippen LogP contribution in [0.15, 0.2) is 24.3 Å². The van der Waals surface area contributed by atoms with Gasteiger partial charge in [-0.3, -0.25) is 0 Å². The van der Waals surface area contributed by atoms with Gasteiger partial charge in [-0.25, -0.2) is 0 Å². The molecule has 1 saturated carbocycles. The maximum Gasteiger partial charge on any atom is 0.0426 e. The van der Waals surface area contributed by atoms with E-state index in [0.29, 0.717) is 4.83 Å². The molecule has 1 aliphatic rings. The van der Waals surface area contributed by atoms with E-state index < -0.39 is 0 Å². The number of alkyl halides is 1. The normalized spacial score (nSPS) is 25.8. The van der Waals surface area contributed by atoms with Crippen molar-refractivity contribution in [2.24, 2.45) is 17.8 Å². The predicted molar refractivity (Wildman–Crippen MR) is 73.9 cm³/mol. The van der Waals surface area contributed by atoms with E-state index in [9.17, 15) is 0 Å². The van der Waals surface area contributed by atoms with Crippen LogP contribution in [0.4, 0.5) is 0 Å². The summed E-state index contributed by atoms with van der Waals surface area (Å²) in [7, 11) is 0. The smallest absolute Gasteiger partial charge is 0.0426 e. The van der Waals surface area contributed by atoms with Crippen LogP contribution in [0.5, 0.6) is 0 Å². The standard InChI is InChI=1S/C15H21Br/c1-10(2)8-12-4-6-13(7-5-12)15(16)14-9-11(14)3/h4-7,10-11,14-15H,8-9H2,1-3H3. The summed E-state index contributed by atoms with van der Waals surface area (Å²) in [6.07, 6.45) is 2.57. The third-order valence-corrected chi connectivity index (χ3v) is 4.70. The van der Waals surface area contributed by atoms with E-state index >= 15 is 0 Å². The van der Waals surface area contributed by atoms with E-state index in [1.807, 2.05) is 0 Å². The van der Waals surface area contributed by atoms with Gasteiger partial charge in [0.05, 0.1) is 0 Å². The molecule has 0 radical (unpaired) electrons. The van der Waals surface area contributed by atoms with E-state index in [1.165, 1.54) is 24.0 Å². The molecule has 0 aromatic heterocycles. The Morgan fingerprint density at radius 2 is 1.81 bits per heavy atom. The van der Waals surface area contributed by atoms with Gasteiger partial charge in [0, 0.05) is 4.83 Å². The zero-order valence-corrected chi connectivity index (χ0v) is 12.0. The first-order chi connectivity index (χ1) is 7.58. The zero-order valence-electron chi connectivity index (χ0n) is 10.4. The van der Waals surface area contributed by atoms with Crippen LogP contribution >= 0.6 is 15.9 Å². The van der Waals surface area contributed by atoms with Crippen molar-refractivity contribution >= 4 is 15.9 Å². The van der Waals surface area contributed by atoms with Gasteiger partial charge in [0.2, 0.25) is 0 Å². The average Bonchev–Trinajstić information content (AvgIpc) is 2.95. The van der Waals surface area contributed by atoms with Gasteiger partial charge in [-0.05, 0) is 41.7 Å². The molecule has 0 saturated heterocycles. The Balaban J connectivity index is 2.01. The Morgan fingerprint density at radius 1 is 1.25 bits per heavy atom. The molecule has 0 N–H and O–H groups in total. The molecule has 0 bridgehead atoms. The van der Waals surface area contributed by atoms with Gasteiger partial charge in [0.25, 0.3) is 0 Å². The van der Waals surface area contributed by atoms with Gasteiger partial charge in [-0.15, -0.1) is 0 Å². The van der Waals surface area contributed by atoms with E-state index in [4.69, 9.17) is 0 Å². The average molecular weight is 281 g/mol. The van der Waals surface area contributed by atoms with Crippen LogP contribution < -0.4 is 0 Å². The molecule has 0 heterocycles. The topological polar surface area (TPSA) is 0 Å². The summed E-state index contributed by atoms with van der Waals surface area (Å²) in [5.74, 6) is 2.50. The van der Waals surface area contributed by atoms with Crippen molar-refractivity contribution in [2.45, 2.75) is 38.4 Å². The second-order valence-electron chi connectivity index (χ2n) is 5.62. The predicted octanol–water partition coefficient (Wildman–Crippen LogP) is 4.98.